The lowest BCUT2D eigenvalue weighted by Gasteiger charge is -2.20. The maximum atomic E-state index is 13.1. The van der Waals surface area contributed by atoms with Crippen molar-refractivity contribution < 1.29 is 27.5 Å². The van der Waals surface area contributed by atoms with E-state index in [-0.39, 0.29) is 16.2 Å². The highest BCUT2D eigenvalue weighted by atomic mass is 32.2. The van der Waals surface area contributed by atoms with Gasteiger partial charge in [0.05, 0.1) is 22.8 Å². The minimum Gasteiger partial charge on any atom is -0.494 e. The van der Waals surface area contributed by atoms with Crippen LogP contribution >= 0.6 is 0 Å². The highest BCUT2D eigenvalue weighted by Crippen LogP contribution is 2.23. The molecule has 3 aromatic rings. The van der Waals surface area contributed by atoms with E-state index < -0.39 is 22.1 Å². The van der Waals surface area contributed by atoms with Crippen LogP contribution in [0.1, 0.15) is 40.1 Å². The summed E-state index contributed by atoms with van der Waals surface area (Å²) in [6.07, 6.45) is -1.05. The topological polar surface area (TPSA) is 90.0 Å². The van der Waals surface area contributed by atoms with E-state index in [1.54, 1.807) is 36.4 Å². The molecule has 0 heterocycles. The Bertz CT molecular complexity index is 1270. The third-order valence-electron chi connectivity index (χ3n) is 5.23. The van der Waals surface area contributed by atoms with Crippen LogP contribution in [0.25, 0.3) is 0 Å². The number of carbonyl (C=O) groups is 2. The molecule has 3 aromatic carbocycles. The molecule has 7 nitrogen and oxygen atoms in total. The molecular weight excluding hydrogens is 454 g/mol. The first-order chi connectivity index (χ1) is 16.1. The summed E-state index contributed by atoms with van der Waals surface area (Å²) in [5, 5.41) is 0. The van der Waals surface area contributed by atoms with Crippen LogP contribution in [-0.2, 0) is 14.8 Å². The van der Waals surface area contributed by atoms with Crippen molar-refractivity contribution >= 4 is 27.5 Å². The van der Waals surface area contributed by atoms with Gasteiger partial charge in [0.15, 0.2) is 6.10 Å². The average molecular weight is 482 g/mol. The smallest absolute Gasteiger partial charge is 0.338 e. The number of anilines is 1. The van der Waals surface area contributed by atoms with Gasteiger partial charge >= 0.3 is 5.97 Å². The van der Waals surface area contributed by atoms with E-state index in [1.165, 1.54) is 38.2 Å². The molecule has 0 aromatic heterocycles. The number of aryl methyl sites for hydroxylation is 1. The standard InChI is InChI=1S/C26H27NO6S/c1-5-32-23-15-11-20(12-16-23)25(28)19(3)33-26(29)21-7-6-8-24(17-21)34(30,31)27(4)22-13-9-18(2)10-14-22/h6-17,19H,5H2,1-4H3/t19-/m0/s1. The van der Waals surface area contributed by atoms with Gasteiger partial charge in [0.1, 0.15) is 5.75 Å². The lowest BCUT2D eigenvalue weighted by molar-refractivity contribution is 0.0318. The van der Waals surface area contributed by atoms with Gasteiger partial charge in [-0.1, -0.05) is 23.8 Å². The highest BCUT2D eigenvalue weighted by molar-refractivity contribution is 7.92. The zero-order valence-corrected chi connectivity index (χ0v) is 20.3. The SMILES string of the molecule is CCOc1ccc(C(=O)[C@H](C)OC(=O)c2cccc(S(=O)(=O)N(C)c3ccc(C)cc3)c2)cc1. The van der Waals surface area contributed by atoms with Gasteiger partial charge in [-0.25, -0.2) is 13.2 Å². The van der Waals surface area contributed by atoms with Gasteiger partial charge in [-0.05, 0) is 75.4 Å². The summed E-state index contributed by atoms with van der Waals surface area (Å²) in [5.74, 6) is -0.529. The molecule has 178 valence electrons. The molecular formula is C26H27NO6S. The van der Waals surface area contributed by atoms with Crippen LogP contribution in [0.15, 0.2) is 77.7 Å². The summed E-state index contributed by atoms with van der Waals surface area (Å²) in [5.41, 5.74) is 1.91. The summed E-state index contributed by atoms with van der Waals surface area (Å²) in [6.45, 7) is 5.76. The number of sulfonamides is 1. The fourth-order valence-corrected chi connectivity index (χ4v) is 4.48. The average Bonchev–Trinajstić information content (AvgIpc) is 2.84. The molecule has 0 aliphatic rings. The predicted octanol–water partition coefficient (Wildman–Crippen LogP) is 4.65. The quantitative estimate of drug-likeness (QED) is 0.327. The predicted molar refractivity (Wildman–Crippen MR) is 130 cm³/mol. The monoisotopic (exact) mass is 481 g/mol. The van der Waals surface area contributed by atoms with Crippen molar-refractivity contribution in [2.24, 2.45) is 0 Å². The van der Waals surface area contributed by atoms with Gasteiger partial charge in [0.25, 0.3) is 10.0 Å². The molecule has 0 unspecified atom stereocenters. The fraction of sp³-hybridized carbons (Fsp3) is 0.231. The van der Waals surface area contributed by atoms with Crippen LogP contribution in [0.4, 0.5) is 5.69 Å². The second-order valence-electron chi connectivity index (χ2n) is 7.71. The number of nitrogens with zero attached hydrogens (tertiary/aromatic N) is 1. The molecule has 8 heteroatoms. The number of hydrogen-bond acceptors (Lipinski definition) is 6. The van der Waals surface area contributed by atoms with Crippen LogP contribution in [0.5, 0.6) is 5.75 Å². The lowest BCUT2D eigenvalue weighted by Crippen LogP contribution is -2.27. The molecule has 0 saturated heterocycles. The number of Topliss-reactive ketones (excluding diaryl/α,β-unsaturated/α-hetero) is 1. The largest absolute Gasteiger partial charge is 0.494 e. The van der Waals surface area contributed by atoms with E-state index in [1.807, 2.05) is 26.0 Å². The van der Waals surface area contributed by atoms with E-state index in [4.69, 9.17) is 9.47 Å². The Labute approximate surface area is 200 Å². The van der Waals surface area contributed by atoms with E-state index in [0.717, 1.165) is 9.87 Å². The molecule has 0 amide bonds. The molecule has 0 N–H and O–H groups in total. The summed E-state index contributed by atoms with van der Waals surface area (Å²) < 4.78 is 38.0. The number of carbonyl (C=O) groups excluding carboxylic acids is 2. The molecule has 0 fully saturated rings. The minimum absolute atomic E-state index is 0.0322. The number of ether oxygens (including phenoxy) is 2. The fourth-order valence-electron chi connectivity index (χ4n) is 3.23. The molecule has 0 saturated carbocycles. The van der Waals surface area contributed by atoms with Gasteiger partial charge in [0.2, 0.25) is 5.78 Å². The first kappa shape index (κ1) is 25.0. The van der Waals surface area contributed by atoms with Gasteiger partial charge < -0.3 is 9.47 Å². The maximum Gasteiger partial charge on any atom is 0.338 e. The summed E-state index contributed by atoms with van der Waals surface area (Å²) in [4.78, 5) is 25.3. The minimum atomic E-state index is -3.91. The van der Waals surface area contributed by atoms with Gasteiger partial charge in [0, 0.05) is 12.6 Å². The summed E-state index contributed by atoms with van der Waals surface area (Å²) >= 11 is 0. The van der Waals surface area contributed by atoms with Crippen molar-refractivity contribution in [2.45, 2.75) is 31.8 Å². The van der Waals surface area contributed by atoms with Crippen molar-refractivity contribution in [1.29, 1.82) is 0 Å². The second kappa shape index (κ2) is 10.5. The Kier molecular flexibility index (Phi) is 7.73. The molecule has 0 radical (unpaired) electrons. The normalized spacial score (nSPS) is 12.0. The van der Waals surface area contributed by atoms with Crippen LogP contribution in [0, 0.1) is 6.92 Å². The first-order valence-electron chi connectivity index (χ1n) is 10.8. The number of ketones is 1. The number of esters is 1. The van der Waals surface area contributed by atoms with E-state index in [2.05, 4.69) is 0 Å². The van der Waals surface area contributed by atoms with Crippen LogP contribution in [0.3, 0.4) is 0 Å². The number of rotatable bonds is 9. The number of benzene rings is 3. The Morgan fingerprint density at radius 3 is 2.21 bits per heavy atom. The lowest BCUT2D eigenvalue weighted by atomic mass is 10.1. The van der Waals surface area contributed by atoms with Crippen LogP contribution < -0.4 is 9.04 Å². The molecule has 3 rings (SSSR count). The van der Waals surface area contributed by atoms with Crippen LogP contribution in [-0.4, -0.2) is 39.9 Å². The van der Waals surface area contributed by atoms with Crippen LogP contribution in [0.2, 0.25) is 0 Å². The van der Waals surface area contributed by atoms with Gasteiger partial charge in [-0.2, -0.15) is 0 Å². The Hall–Kier alpha value is -3.65. The molecule has 0 aliphatic carbocycles. The Morgan fingerprint density at radius 2 is 1.59 bits per heavy atom. The molecule has 1 atom stereocenters. The molecule has 34 heavy (non-hydrogen) atoms. The number of hydrogen-bond donors (Lipinski definition) is 0. The summed E-state index contributed by atoms with van der Waals surface area (Å²) in [7, 11) is -2.46. The van der Waals surface area contributed by atoms with Crippen molar-refractivity contribution in [3.05, 3.63) is 89.5 Å². The van der Waals surface area contributed by atoms with Gasteiger partial charge in [-0.3, -0.25) is 9.10 Å². The molecule has 0 aliphatic heterocycles. The highest BCUT2D eigenvalue weighted by Gasteiger charge is 2.24. The molecule has 0 spiro atoms. The van der Waals surface area contributed by atoms with Crippen molar-refractivity contribution in [1.82, 2.24) is 0 Å². The van der Waals surface area contributed by atoms with Crippen molar-refractivity contribution in [3.8, 4) is 5.75 Å². The Morgan fingerprint density at radius 1 is 0.941 bits per heavy atom. The first-order valence-corrected chi connectivity index (χ1v) is 12.2. The third kappa shape index (κ3) is 5.63. The zero-order chi connectivity index (χ0) is 24.9. The zero-order valence-electron chi connectivity index (χ0n) is 19.5. The van der Waals surface area contributed by atoms with Gasteiger partial charge in [-0.15, -0.1) is 0 Å². The molecule has 0 bridgehead atoms. The van der Waals surface area contributed by atoms with Crippen molar-refractivity contribution in [2.75, 3.05) is 18.0 Å². The second-order valence-corrected chi connectivity index (χ2v) is 9.67. The van der Waals surface area contributed by atoms with Crippen molar-refractivity contribution in [3.63, 3.8) is 0 Å². The van der Waals surface area contributed by atoms with E-state index in [0.29, 0.717) is 23.6 Å². The Balaban J connectivity index is 1.74. The van der Waals surface area contributed by atoms with E-state index >= 15 is 0 Å². The summed E-state index contributed by atoms with van der Waals surface area (Å²) in [6, 6.07) is 19.2. The third-order valence-corrected chi connectivity index (χ3v) is 7.01. The maximum absolute atomic E-state index is 13.1. The van der Waals surface area contributed by atoms with E-state index in [9.17, 15) is 18.0 Å².